The lowest BCUT2D eigenvalue weighted by molar-refractivity contribution is 0.0995. The lowest BCUT2D eigenvalue weighted by Crippen LogP contribution is -2.20. The Morgan fingerprint density at radius 3 is 2.06 bits per heavy atom. The van der Waals surface area contributed by atoms with Crippen LogP contribution in [-0.2, 0) is 32.7 Å². The number of nitrogens with zero attached hydrogens (tertiary/aromatic N) is 10. The molecule has 0 saturated carbocycles. The predicted molar refractivity (Wildman–Crippen MR) is 266 cm³/mol. The molecule has 5 aromatic heterocycles. The minimum atomic E-state index is -0.639. The van der Waals surface area contributed by atoms with Crippen LogP contribution in [0.5, 0.6) is 11.5 Å². The molecular weight excluding hydrogens is 883 g/mol. The molecule has 0 fully saturated rings. The van der Waals surface area contributed by atoms with Crippen molar-refractivity contribution >= 4 is 74.9 Å². The van der Waals surface area contributed by atoms with E-state index in [9.17, 15) is 19.2 Å². The number of benzene rings is 3. The van der Waals surface area contributed by atoms with Crippen LogP contribution in [0.2, 0.25) is 0 Å². The van der Waals surface area contributed by atoms with Crippen molar-refractivity contribution in [3.05, 3.63) is 119 Å². The van der Waals surface area contributed by atoms with Crippen molar-refractivity contribution in [3.63, 3.8) is 0 Å². The highest BCUT2D eigenvalue weighted by atomic mass is 16.5. The van der Waals surface area contributed by atoms with Gasteiger partial charge in [-0.25, -0.2) is 9.97 Å². The molecule has 69 heavy (non-hydrogen) atoms. The van der Waals surface area contributed by atoms with Gasteiger partial charge in [-0.2, -0.15) is 15.3 Å². The summed E-state index contributed by atoms with van der Waals surface area (Å²) in [5.74, 6) is 0.617. The molecule has 21 nitrogen and oxygen atoms in total. The first-order valence-corrected chi connectivity index (χ1v) is 22.0. The predicted octanol–water partition coefficient (Wildman–Crippen LogP) is 5.55. The van der Waals surface area contributed by atoms with Gasteiger partial charge in [-0.15, -0.1) is 0 Å². The van der Waals surface area contributed by atoms with Gasteiger partial charge < -0.3 is 41.1 Å². The molecule has 0 saturated heterocycles. The standard InChI is InChI=1S/C40H42N12O5.C7H10N2O.CH5N/c1-5-51-32(16-24(2)48-51)38(55)47-40-46-30-20-26(37(42)54)21-33(56-4)35(30)50(40)13-7-6-12-49-36-29(45-39(49)43-3)17-25(23-53)18-34(36)57-15-9-8-14-52-31-11-10-28(41)19-27(31)22-44-52;1-3-9-7(5-10)4-6(2)8-9;1-2/h6-11,16-23H,5,12-15,41H2,1-4H3,(H2,42,54)(H,43,45)(H,46,47,55);4-5H,3H2,1-2H3;2H2,1H3/b7-6+,9-8+;;. The molecule has 0 atom stereocenters. The van der Waals surface area contributed by atoms with Crippen LogP contribution < -0.4 is 37.3 Å². The molecule has 3 aromatic carbocycles. The second-order valence-electron chi connectivity index (χ2n) is 15.2. The summed E-state index contributed by atoms with van der Waals surface area (Å²) < 4.78 is 20.8. The van der Waals surface area contributed by atoms with Gasteiger partial charge in [0.25, 0.3) is 5.91 Å². The van der Waals surface area contributed by atoms with E-state index in [1.54, 1.807) is 63.6 Å². The van der Waals surface area contributed by atoms with E-state index in [1.165, 1.54) is 14.2 Å². The molecule has 0 radical (unpaired) electrons. The van der Waals surface area contributed by atoms with Crippen LogP contribution in [-0.4, -0.2) is 101 Å². The molecule has 0 spiro atoms. The van der Waals surface area contributed by atoms with E-state index in [4.69, 9.17) is 25.9 Å². The Morgan fingerprint density at radius 1 is 0.754 bits per heavy atom. The van der Waals surface area contributed by atoms with E-state index in [0.717, 1.165) is 35.7 Å². The van der Waals surface area contributed by atoms with Crippen molar-refractivity contribution in [3.8, 4) is 11.5 Å². The smallest absolute Gasteiger partial charge is 0.276 e. The lowest BCUT2D eigenvalue weighted by Gasteiger charge is -2.12. The SMILES string of the molecule is CCn1nc(C)cc1C(=O)Nc1nc2cc(C(N)=O)cc(OC)c2n1C/C=C/Cn1c(NC)nc2cc(C=O)cc(OC/C=C/Cn3ncc4cc(N)ccc43)c21.CCn1nc(C)cc1C=O.CN. The normalized spacial score (nSPS) is 11.2. The number of carbonyl (C=O) groups is 4. The number of ether oxygens (including phenoxy) is 2. The zero-order valence-corrected chi connectivity index (χ0v) is 39.6. The molecule has 0 bridgehead atoms. The highest BCUT2D eigenvalue weighted by molar-refractivity contribution is 6.04. The summed E-state index contributed by atoms with van der Waals surface area (Å²) in [7, 11) is 4.75. The number of methoxy groups -OCH3 is 1. The molecule has 360 valence electrons. The number of anilines is 3. The Balaban J connectivity index is 0.000000574. The molecule has 8 N–H and O–H groups in total. The number of rotatable bonds is 18. The molecule has 0 aliphatic heterocycles. The highest BCUT2D eigenvalue weighted by Crippen LogP contribution is 2.33. The number of carbonyl (C=O) groups excluding carboxylic acids is 4. The van der Waals surface area contributed by atoms with Gasteiger partial charge in [0, 0.05) is 55.4 Å². The minimum absolute atomic E-state index is 0.215. The molecule has 8 rings (SSSR count). The van der Waals surface area contributed by atoms with Gasteiger partial charge >= 0.3 is 0 Å². The fourth-order valence-electron chi connectivity index (χ4n) is 7.64. The van der Waals surface area contributed by atoms with Gasteiger partial charge in [0.05, 0.1) is 47.8 Å². The number of fused-ring (bicyclic) bond motifs is 3. The first-order chi connectivity index (χ1) is 33.4. The summed E-state index contributed by atoms with van der Waals surface area (Å²) in [5.41, 5.74) is 23.2. The molecule has 2 amide bonds. The number of hydrogen-bond acceptors (Lipinski definition) is 14. The number of primary amides is 1. The van der Waals surface area contributed by atoms with Crippen molar-refractivity contribution in [2.45, 2.75) is 60.4 Å². The van der Waals surface area contributed by atoms with E-state index in [0.29, 0.717) is 87.5 Å². The van der Waals surface area contributed by atoms with E-state index >= 15 is 0 Å². The van der Waals surface area contributed by atoms with Gasteiger partial charge in [0.15, 0.2) is 6.29 Å². The number of aldehydes is 2. The van der Waals surface area contributed by atoms with Crippen LogP contribution in [0, 0.1) is 13.8 Å². The maximum atomic E-state index is 13.5. The van der Waals surface area contributed by atoms with Crippen LogP contribution in [0.25, 0.3) is 33.0 Å². The third-order valence-corrected chi connectivity index (χ3v) is 10.7. The zero-order valence-electron chi connectivity index (χ0n) is 39.6. The summed E-state index contributed by atoms with van der Waals surface area (Å²) in [6, 6.07) is 15.7. The Hall–Kier alpha value is -8.59. The third-order valence-electron chi connectivity index (χ3n) is 10.7. The summed E-state index contributed by atoms with van der Waals surface area (Å²) in [5, 5.41) is 20.0. The fourth-order valence-corrected chi connectivity index (χ4v) is 7.64. The monoisotopic (exact) mass is 939 g/mol. The first kappa shape index (κ1) is 49.8. The summed E-state index contributed by atoms with van der Waals surface area (Å²) >= 11 is 0. The van der Waals surface area contributed by atoms with Crippen molar-refractivity contribution in [1.82, 2.24) is 48.4 Å². The molecule has 8 aromatic rings. The van der Waals surface area contributed by atoms with Gasteiger partial charge in [-0.3, -0.25) is 38.5 Å². The quantitative estimate of drug-likeness (QED) is 0.0401. The number of nitrogens with one attached hydrogen (secondary N) is 2. The maximum Gasteiger partial charge on any atom is 0.276 e. The topological polar surface area (TPSA) is 278 Å². The highest BCUT2D eigenvalue weighted by Gasteiger charge is 2.22. The van der Waals surface area contributed by atoms with Crippen LogP contribution in [0.15, 0.2) is 85.1 Å². The Morgan fingerprint density at radius 2 is 1.41 bits per heavy atom. The molecule has 0 unspecified atom stereocenters. The number of aryl methyl sites for hydroxylation is 4. The molecule has 0 aliphatic rings. The molecule has 0 aliphatic carbocycles. The summed E-state index contributed by atoms with van der Waals surface area (Å²) in [4.78, 5) is 57.3. The molecular formula is C48H57N15O6. The second-order valence-corrected chi connectivity index (χ2v) is 15.2. The Labute approximate surface area is 397 Å². The van der Waals surface area contributed by atoms with Crippen LogP contribution in [0.4, 0.5) is 17.6 Å². The van der Waals surface area contributed by atoms with E-state index in [-0.39, 0.29) is 24.7 Å². The maximum absolute atomic E-state index is 13.5. The summed E-state index contributed by atoms with van der Waals surface area (Å²) in [6.07, 6.45) is 11.1. The Kier molecular flexibility index (Phi) is 16.4. The molecule has 21 heteroatoms. The largest absolute Gasteiger partial charge is 0.494 e. The van der Waals surface area contributed by atoms with Crippen molar-refractivity contribution in [1.29, 1.82) is 0 Å². The third kappa shape index (κ3) is 11.2. The van der Waals surface area contributed by atoms with Crippen molar-refractivity contribution < 1.29 is 28.7 Å². The second kappa shape index (κ2) is 22.7. The zero-order chi connectivity index (χ0) is 49.8. The number of nitrogens with two attached hydrogens (primary N) is 3. The van der Waals surface area contributed by atoms with E-state index in [2.05, 4.69) is 36.6 Å². The van der Waals surface area contributed by atoms with Crippen LogP contribution in [0.1, 0.15) is 66.9 Å². The van der Waals surface area contributed by atoms with Crippen LogP contribution >= 0.6 is 0 Å². The lowest BCUT2D eigenvalue weighted by atomic mass is 10.1. The first-order valence-electron chi connectivity index (χ1n) is 22.0. The minimum Gasteiger partial charge on any atom is -0.494 e. The average molecular weight is 940 g/mol. The van der Waals surface area contributed by atoms with Crippen LogP contribution in [0.3, 0.4) is 0 Å². The summed E-state index contributed by atoms with van der Waals surface area (Å²) in [6.45, 7) is 10.2. The number of allylic oxidation sites excluding steroid dienone is 3. The number of hydrogen-bond donors (Lipinski definition) is 5. The van der Waals surface area contributed by atoms with Gasteiger partial charge in [0.2, 0.25) is 17.8 Å². The number of imidazole rings is 2. The number of nitrogen functional groups attached to an aromatic ring is 1. The van der Waals surface area contributed by atoms with Gasteiger partial charge in [-0.1, -0.05) is 18.2 Å². The van der Waals surface area contributed by atoms with E-state index < -0.39 is 11.8 Å². The van der Waals surface area contributed by atoms with Crippen molar-refractivity contribution in [2.75, 3.05) is 44.2 Å². The van der Waals surface area contributed by atoms with Gasteiger partial charge in [0.1, 0.15) is 46.8 Å². The number of amides is 2. The van der Waals surface area contributed by atoms with Gasteiger partial charge in [-0.05, 0) is 95.4 Å². The average Bonchev–Trinajstić information content (AvgIpc) is 4.19. The number of aromatic nitrogens is 10. The fraction of sp³-hybridized carbons (Fsp3) is 0.271. The van der Waals surface area contributed by atoms with Crippen molar-refractivity contribution in [2.24, 2.45) is 11.5 Å². The molecule has 5 heterocycles. The van der Waals surface area contributed by atoms with E-state index in [1.807, 2.05) is 79.4 Å². The Bertz CT molecular complexity index is 3190.